The fraction of sp³-hybridized carbons (Fsp3) is 0.538. The van der Waals surface area contributed by atoms with Gasteiger partial charge in [0.2, 0.25) is 0 Å². The normalized spacial score (nSPS) is 21.0. The van der Waals surface area contributed by atoms with Crippen LogP contribution in [0.3, 0.4) is 0 Å². The first-order valence-electron chi connectivity index (χ1n) is 5.98. The standard InChI is InChI=1S/C13H18Cl2N2/c1-17-5-4-11(9-17)8-16-7-10-2-3-12(14)13(15)6-10/h2-3,6,11,16H,4-5,7-9H2,1H3. The zero-order chi connectivity index (χ0) is 12.3. The number of nitrogens with one attached hydrogen (secondary N) is 1. The zero-order valence-corrected chi connectivity index (χ0v) is 11.6. The van der Waals surface area contributed by atoms with Gasteiger partial charge in [0.15, 0.2) is 0 Å². The molecular weight excluding hydrogens is 255 g/mol. The second kappa shape index (κ2) is 6.05. The molecule has 4 heteroatoms. The van der Waals surface area contributed by atoms with Crippen molar-refractivity contribution in [3.8, 4) is 0 Å². The quantitative estimate of drug-likeness (QED) is 0.907. The summed E-state index contributed by atoms with van der Waals surface area (Å²) in [6.07, 6.45) is 1.30. The monoisotopic (exact) mass is 272 g/mol. The van der Waals surface area contributed by atoms with E-state index in [1.807, 2.05) is 18.2 Å². The van der Waals surface area contributed by atoms with E-state index >= 15 is 0 Å². The van der Waals surface area contributed by atoms with E-state index in [4.69, 9.17) is 23.2 Å². The number of halogens is 2. The molecule has 2 rings (SSSR count). The van der Waals surface area contributed by atoms with Crippen LogP contribution in [0.25, 0.3) is 0 Å². The number of nitrogens with zero attached hydrogens (tertiary/aromatic N) is 1. The highest BCUT2D eigenvalue weighted by Gasteiger charge is 2.18. The molecule has 94 valence electrons. The van der Waals surface area contributed by atoms with Gasteiger partial charge >= 0.3 is 0 Å². The molecular formula is C13H18Cl2N2. The highest BCUT2D eigenvalue weighted by molar-refractivity contribution is 6.42. The molecule has 2 nitrogen and oxygen atoms in total. The van der Waals surface area contributed by atoms with Gasteiger partial charge in [0.05, 0.1) is 10.0 Å². The average Bonchev–Trinajstić information content (AvgIpc) is 2.70. The Morgan fingerprint density at radius 1 is 1.35 bits per heavy atom. The van der Waals surface area contributed by atoms with Gasteiger partial charge in [-0.3, -0.25) is 0 Å². The lowest BCUT2D eigenvalue weighted by molar-refractivity contribution is 0.388. The van der Waals surface area contributed by atoms with E-state index < -0.39 is 0 Å². The molecule has 0 radical (unpaired) electrons. The van der Waals surface area contributed by atoms with Crippen LogP contribution in [0.15, 0.2) is 18.2 Å². The van der Waals surface area contributed by atoms with Gasteiger partial charge < -0.3 is 10.2 Å². The van der Waals surface area contributed by atoms with Crippen LogP contribution in [-0.4, -0.2) is 31.6 Å². The summed E-state index contributed by atoms with van der Waals surface area (Å²) >= 11 is 11.8. The lowest BCUT2D eigenvalue weighted by Crippen LogP contribution is -2.24. The largest absolute Gasteiger partial charge is 0.312 e. The number of hydrogen-bond donors (Lipinski definition) is 1. The van der Waals surface area contributed by atoms with E-state index in [9.17, 15) is 0 Å². The van der Waals surface area contributed by atoms with Crippen LogP contribution in [0.2, 0.25) is 10.0 Å². The Morgan fingerprint density at radius 3 is 2.82 bits per heavy atom. The van der Waals surface area contributed by atoms with E-state index in [2.05, 4.69) is 17.3 Å². The van der Waals surface area contributed by atoms with Gasteiger partial charge in [-0.05, 0) is 50.2 Å². The van der Waals surface area contributed by atoms with Crippen molar-refractivity contribution in [2.75, 3.05) is 26.7 Å². The van der Waals surface area contributed by atoms with Gasteiger partial charge in [-0.25, -0.2) is 0 Å². The van der Waals surface area contributed by atoms with Crippen LogP contribution >= 0.6 is 23.2 Å². The maximum atomic E-state index is 5.97. The van der Waals surface area contributed by atoms with Gasteiger partial charge in [-0.1, -0.05) is 29.3 Å². The van der Waals surface area contributed by atoms with E-state index in [1.54, 1.807) is 0 Å². The summed E-state index contributed by atoms with van der Waals surface area (Å²) < 4.78 is 0. The van der Waals surface area contributed by atoms with Crippen LogP contribution in [0.4, 0.5) is 0 Å². The summed E-state index contributed by atoms with van der Waals surface area (Å²) in [5, 5.41) is 4.73. The third kappa shape index (κ3) is 3.85. The Labute approximate surface area is 113 Å². The average molecular weight is 273 g/mol. The molecule has 0 amide bonds. The lowest BCUT2D eigenvalue weighted by atomic mass is 10.1. The molecule has 0 aliphatic carbocycles. The summed E-state index contributed by atoms with van der Waals surface area (Å²) in [6.45, 7) is 4.36. The maximum Gasteiger partial charge on any atom is 0.0595 e. The topological polar surface area (TPSA) is 15.3 Å². The van der Waals surface area contributed by atoms with E-state index in [0.29, 0.717) is 10.0 Å². The van der Waals surface area contributed by atoms with Crippen LogP contribution in [-0.2, 0) is 6.54 Å². The summed E-state index contributed by atoms with van der Waals surface area (Å²) in [7, 11) is 2.18. The predicted molar refractivity (Wildman–Crippen MR) is 73.8 cm³/mol. The van der Waals surface area contributed by atoms with E-state index in [-0.39, 0.29) is 0 Å². The van der Waals surface area contributed by atoms with Crippen LogP contribution in [0.5, 0.6) is 0 Å². The van der Waals surface area contributed by atoms with Gasteiger partial charge in [0, 0.05) is 13.1 Å². The second-order valence-electron chi connectivity index (χ2n) is 4.80. The first-order chi connectivity index (χ1) is 8.15. The minimum Gasteiger partial charge on any atom is -0.312 e. The molecule has 1 fully saturated rings. The van der Waals surface area contributed by atoms with Crippen molar-refractivity contribution < 1.29 is 0 Å². The van der Waals surface area contributed by atoms with Crippen molar-refractivity contribution in [2.24, 2.45) is 5.92 Å². The van der Waals surface area contributed by atoms with Gasteiger partial charge in [0.1, 0.15) is 0 Å². The number of rotatable bonds is 4. The molecule has 1 aliphatic heterocycles. The minimum absolute atomic E-state index is 0.618. The van der Waals surface area contributed by atoms with Crippen molar-refractivity contribution in [2.45, 2.75) is 13.0 Å². The van der Waals surface area contributed by atoms with Crippen molar-refractivity contribution in [1.29, 1.82) is 0 Å². The Morgan fingerprint density at radius 2 is 2.18 bits per heavy atom. The summed E-state index contributed by atoms with van der Waals surface area (Å²) in [5.74, 6) is 0.780. The molecule has 1 aromatic carbocycles. The van der Waals surface area contributed by atoms with Crippen molar-refractivity contribution in [1.82, 2.24) is 10.2 Å². The molecule has 1 saturated heterocycles. The molecule has 17 heavy (non-hydrogen) atoms. The second-order valence-corrected chi connectivity index (χ2v) is 5.61. The van der Waals surface area contributed by atoms with E-state index in [0.717, 1.165) is 19.0 Å². The molecule has 0 saturated carbocycles. The molecule has 1 unspecified atom stereocenters. The first kappa shape index (κ1) is 13.2. The molecule has 1 aromatic rings. The van der Waals surface area contributed by atoms with Crippen LogP contribution in [0.1, 0.15) is 12.0 Å². The molecule has 1 atom stereocenters. The molecule has 0 bridgehead atoms. The molecule has 1 N–H and O–H groups in total. The minimum atomic E-state index is 0.618. The highest BCUT2D eigenvalue weighted by Crippen LogP contribution is 2.22. The Hall–Kier alpha value is -0.280. The molecule has 1 aliphatic rings. The fourth-order valence-corrected chi connectivity index (χ4v) is 2.58. The van der Waals surface area contributed by atoms with Crippen molar-refractivity contribution in [3.05, 3.63) is 33.8 Å². The Balaban J connectivity index is 1.76. The van der Waals surface area contributed by atoms with Gasteiger partial charge in [-0.15, -0.1) is 0 Å². The van der Waals surface area contributed by atoms with Gasteiger partial charge in [0.25, 0.3) is 0 Å². The van der Waals surface area contributed by atoms with Crippen molar-refractivity contribution in [3.63, 3.8) is 0 Å². The number of hydrogen-bond acceptors (Lipinski definition) is 2. The highest BCUT2D eigenvalue weighted by atomic mass is 35.5. The zero-order valence-electron chi connectivity index (χ0n) is 10.0. The smallest absolute Gasteiger partial charge is 0.0595 e. The Bertz CT molecular complexity index is 382. The molecule has 0 aromatic heterocycles. The first-order valence-corrected chi connectivity index (χ1v) is 6.74. The van der Waals surface area contributed by atoms with Crippen molar-refractivity contribution >= 4 is 23.2 Å². The number of likely N-dealkylation sites (tertiary alicyclic amines) is 1. The summed E-state index contributed by atoms with van der Waals surface area (Å²) in [5.41, 5.74) is 1.19. The summed E-state index contributed by atoms with van der Waals surface area (Å²) in [6, 6.07) is 5.80. The third-order valence-electron chi connectivity index (χ3n) is 3.24. The van der Waals surface area contributed by atoms with Crippen LogP contribution < -0.4 is 5.32 Å². The SMILES string of the molecule is CN1CCC(CNCc2ccc(Cl)c(Cl)c2)C1. The maximum absolute atomic E-state index is 5.97. The molecule has 0 spiro atoms. The predicted octanol–water partition coefficient (Wildman–Crippen LogP) is 3.03. The Kier molecular flexibility index (Phi) is 4.69. The summed E-state index contributed by atoms with van der Waals surface area (Å²) in [4.78, 5) is 2.38. The number of benzene rings is 1. The van der Waals surface area contributed by atoms with E-state index in [1.165, 1.54) is 25.1 Å². The van der Waals surface area contributed by atoms with Gasteiger partial charge in [-0.2, -0.15) is 0 Å². The lowest BCUT2D eigenvalue weighted by Gasteiger charge is -2.12. The fourth-order valence-electron chi connectivity index (χ4n) is 2.26. The molecule has 1 heterocycles. The van der Waals surface area contributed by atoms with Crippen LogP contribution in [0, 0.1) is 5.92 Å². The third-order valence-corrected chi connectivity index (χ3v) is 3.97.